The second kappa shape index (κ2) is 7.06. The zero-order valence-corrected chi connectivity index (χ0v) is 13.1. The average Bonchev–Trinajstić information content (AvgIpc) is 3.08. The number of carbonyl (C=O) groups is 1. The normalized spacial score (nSPS) is 18.1. The summed E-state index contributed by atoms with van der Waals surface area (Å²) >= 11 is 1.46. The quantitative estimate of drug-likeness (QED) is 0.802. The minimum absolute atomic E-state index is 0.252. The third-order valence-electron chi connectivity index (χ3n) is 3.71. The molecular formula is C16H17FN2O3S. The average molecular weight is 336 g/mol. The molecule has 1 aromatic carbocycles. The van der Waals surface area contributed by atoms with Gasteiger partial charge in [0, 0.05) is 10.6 Å². The number of benzene rings is 1. The molecule has 1 aliphatic heterocycles. The number of aliphatic hydroxyl groups excluding tert-OH is 1. The SMILES string of the molecule is O=C(NC(CO)c1ccco1)NC1CCSc2c(F)cccc21. The largest absolute Gasteiger partial charge is 0.467 e. The molecule has 2 atom stereocenters. The van der Waals surface area contributed by atoms with Gasteiger partial charge in [-0.05, 0) is 30.2 Å². The van der Waals surface area contributed by atoms with Gasteiger partial charge in [0.2, 0.25) is 0 Å². The van der Waals surface area contributed by atoms with Crippen molar-refractivity contribution in [2.45, 2.75) is 23.4 Å². The van der Waals surface area contributed by atoms with Gasteiger partial charge >= 0.3 is 6.03 Å². The van der Waals surface area contributed by atoms with Crippen LogP contribution >= 0.6 is 11.8 Å². The lowest BCUT2D eigenvalue weighted by Gasteiger charge is -2.27. The number of aliphatic hydroxyl groups is 1. The van der Waals surface area contributed by atoms with Crippen LogP contribution in [0.5, 0.6) is 0 Å². The molecule has 2 amide bonds. The Bertz CT molecular complexity index is 678. The van der Waals surface area contributed by atoms with E-state index < -0.39 is 12.1 Å². The summed E-state index contributed by atoms with van der Waals surface area (Å²) in [5.74, 6) is 0.956. The van der Waals surface area contributed by atoms with Crippen LogP contribution in [0.4, 0.5) is 9.18 Å². The van der Waals surface area contributed by atoms with Crippen molar-refractivity contribution in [2.75, 3.05) is 12.4 Å². The number of halogens is 1. The molecule has 3 rings (SSSR count). The van der Waals surface area contributed by atoms with Gasteiger partial charge in [-0.2, -0.15) is 0 Å². The highest BCUT2D eigenvalue weighted by atomic mass is 32.2. The van der Waals surface area contributed by atoms with Crippen molar-refractivity contribution in [3.05, 3.63) is 53.7 Å². The van der Waals surface area contributed by atoms with Gasteiger partial charge in [0.15, 0.2) is 0 Å². The fourth-order valence-corrected chi connectivity index (χ4v) is 3.73. The lowest BCUT2D eigenvalue weighted by molar-refractivity contribution is 0.205. The van der Waals surface area contributed by atoms with E-state index in [-0.39, 0.29) is 18.5 Å². The molecule has 3 N–H and O–H groups in total. The van der Waals surface area contributed by atoms with Gasteiger partial charge in [-0.15, -0.1) is 11.8 Å². The summed E-state index contributed by atoms with van der Waals surface area (Å²) < 4.78 is 19.0. The number of furan rings is 1. The first-order valence-electron chi connectivity index (χ1n) is 7.31. The van der Waals surface area contributed by atoms with E-state index in [0.29, 0.717) is 10.7 Å². The predicted molar refractivity (Wildman–Crippen MR) is 84.7 cm³/mol. The molecule has 1 aromatic heterocycles. The van der Waals surface area contributed by atoms with Gasteiger partial charge in [-0.25, -0.2) is 9.18 Å². The van der Waals surface area contributed by atoms with Gasteiger partial charge in [0.05, 0.1) is 18.9 Å². The van der Waals surface area contributed by atoms with Crippen molar-refractivity contribution in [3.8, 4) is 0 Å². The van der Waals surface area contributed by atoms with Crippen molar-refractivity contribution in [1.82, 2.24) is 10.6 Å². The molecule has 0 bridgehead atoms. The van der Waals surface area contributed by atoms with Crippen molar-refractivity contribution in [1.29, 1.82) is 0 Å². The van der Waals surface area contributed by atoms with Crippen molar-refractivity contribution >= 4 is 17.8 Å². The molecule has 2 aromatic rings. The summed E-state index contributed by atoms with van der Waals surface area (Å²) in [6.45, 7) is -0.271. The lowest BCUT2D eigenvalue weighted by Crippen LogP contribution is -2.41. The molecule has 0 radical (unpaired) electrons. The second-order valence-corrected chi connectivity index (χ2v) is 6.32. The summed E-state index contributed by atoms with van der Waals surface area (Å²) in [4.78, 5) is 12.8. The first kappa shape index (κ1) is 15.9. The van der Waals surface area contributed by atoms with E-state index in [1.54, 1.807) is 18.2 Å². The van der Waals surface area contributed by atoms with Gasteiger partial charge in [-0.1, -0.05) is 12.1 Å². The van der Waals surface area contributed by atoms with Crippen molar-refractivity contribution in [3.63, 3.8) is 0 Å². The van der Waals surface area contributed by atoms with Crippen LogP contribution in [0.25, 0.3) is 0 Å². The van der Waals surface area contributed by atoms with Gasteiger partial charge in [-0.3, -0.25) is 0 Å². The zero-order valence-electron chi connectivity index (χ0n) is 12.3. The Labute approximate surface area is 137 Å². The minimum atomic E-state index is -0.616. The van der Waals surface area contributed by atoms with E-state index in [1.165, 1.54) is 24.1 Å². The van der Waals surface area contributed by atoms with Crippen LogP contribution in [0.3, 0.4) is 0 Å². The Morgan fingerprint density at radius 1 is 1.43 bits per heavy atom. The number of nitrogens with one attached hydrogen (secondary N) is 2. The molecular weight excluding hydrogens is 319 g/mol. The van der Waals surface area contributed by atoms with E-state index in [4.69, 9.17) is 4.42 Å². The Morgan fingerprint density at radius 3 is 3.04 bits per heavy atom. The van der Waals surface area contributed by atoms with Crippen molar-refractivity contribution < 1.29 is 18.7 Å². The number of hydrogen-bond donors (Lipinski definition) is 3. The smallest absolute Gasteiger partial charge is 0.315 e. The van der Waals surface area contributed by atoms with E-state index in [0.717, 1.165) is 17.7 Å². The topological polar surface area (TPSA) is 74.5 Å². The van der Waals surface area contributed by atoms with Gasteiger partial charge < -0.3 is 20.2 Å². The number of urea groups is 1. The first-order valence-corrected chi connectivity index (χ1v) is 8.30. The molecule has 23 heavy (non-hydrogen) atoms. The van der Waals surface area contributed by atoms with Gasteiger partial charge in [0.25, 0.3) is 0 Å². The molecule has 0 saturated carbocycles. The molecule has 122 valence electrons. The highest BCUT2D eigenvalue weighted by Crippen LogP contribution is 2.37. The summed E-state index contributed by atoms with van der Waals surface area (Å²) in [5, 5.41) is 14.9. The molecule has 1 aliphatic rings. The molecule has 5 nitrogen and oxygen atoms in total. The summed E-state index contributed by atoms with van der Waals surface area (Å²) in [5.41, 5.74) is 0.787. The maximum atomic E-state index is 13.8. The van der Waals surface area contributed by atoms with Crippen LogP contribution in [-0.2, 0) is 0 Å². The molecule has 2 unspecified atom stereocenters. The highest BCUT2D eigenvalue weighted by Gasteiger charge is 2.25. The molecule has 0 fully saturated rings. The van der Waals surface area contributed by atoms with Crippen LogP contribution in [0.15, 0.2) is 45.9 Å². The summed E-state index contributed by atoms with van der Waals surface area (Å²) in [6, 6.07) is 6.98. The second-order valence-electron chi connectivity index (χ2n) is 5.22. The minimum Gasteiger partial charge on any atom is -0.467 e. The number of fused-ring (bicyclic) bond motifs is 1. The fraction of sp³-hybridized carbons (Fsp3) is 0.312. The number of rotatable bonds is 4. The molecule has 7 heteroatoms. The van der Waals surface area contributed by atoms with Crippen LogP contribution in [0, 0.1) is 5.82 Å². The Balaban J connectivity index is 1.68. The number of amides is 2. The highest BCUT2D eigenvalue weighted by molar-refractivity contribution is 7.99. The van der Waals surface area contributed by atoms with Crippen LogP contribution in [-0.4, -0.2) is 23.5 Å². The van der Waals surface area contributed by atoms with E-state index >= 15 is 0 Å². The van der Waals surface area contributed by atoms with Crippen LogP contribution in [0.1, 0.15) is 29.8 Å². The lowest BCUT2D eigenvalue weighted by atomic mass is 10.0. The van der Waals surface area contributed by atoms with Crippen LogP contribution in [0.2, 0.25) is 0 Å². The van der Waals surface area contributed by atoms with E-state index in [2.05, 4.69) is 10.6 Å². The van der Waals surface area contributed by atoms with Crippen LogP contribution < -0.4 is 10.6 Å². The van der Waals surface area contributed by atoms with Gasteiger partial charge in [0.1, 0.15) is 17.6 Å². The molecule has 0 saturated heterocycles. The molecule has 0 aliphatic carbocycles. The Morgan fingerprint density at radius 2 is 2.30 bits per heavy atom. The predicted octanol–water partition coefficient (Wildman–Crippen LogP) is 2.99. The van der Waals surface area contributed by atoms with E-state index in [9.17, 15) is 14.3 Å². The molecule has 0 spiro atoms. The number of hydrogen-bond acceptors (Lipinski definition) is 4. The third kappa shape index (κ3) is 3.51. The third-order valence-corrected chi connectivity index (χ3v) is 4.86. The Hall–Kier alpha value is -1.99. The number of thioether (sulfide) groups is 1. The first-order chi connectivity index (χ1) is 11.2. The summed E-state index contributed by atoms with van der Waals surface area (Å²) in [7, 11) is 0. The maximum absolute atomic E-state index is 13.8. The zero-order chi connectivity index (χ0) is 16.2. The standard InChI is InChI=1S/C16H17FN2O3S/c17-11-4-1-3-10-12(6-8-23-15(10)11)18-16(21)19-13(9-20)14-5-2-7-22-14/h1-5,7,12-13,20H,6,8-9H2,(H2,18,19,21). The maximum Gasteiger partial charge on any atom is 0.315 e. The Kier molecular flexibility index (Phi) is 4.88. The monoisotopic (exact) mass is 336 g/mol. The number of carbonyl (C=O) groups excluding carboxylic acids is 1. The van der Waals surface area contributed by atoms with E-state index in [1.807, 2.05) is 6.07 Å². The summed E-state index contributed by atoms with van der Waals surface area (Å²) in [6.07, 6.45) is 2.20. The van der Waals surface area contributed by atoms with Crippen molar-refractivity contribution in [2.24, 2.45) is 0 Å². The molecule has 2 heterocycles. The fourth-order valence-electron chi connectivity index (χ4n) is 2.59.